The molecule has 1 heterocycles. The average Bonchev–Trinajstić information content (AvgIpc) is 2.65. The number of hydrogen-bond acceptors (Lipinski definition) is 5. The van der Waals surface area contributed by atoms with Crippen molar-refractivity contribution in [3.05, 3.63) is 21.3 Å². The molecule has 1 amide bonds. The third-order valence-corrected chi connectivity index (χ3v) is 2.55. The second-order valence-corrected chi connectivity index (χ2v) is 4.67. The zero-order chi connectivity index (χ0) is 14.4. The van der Waals surface area contributed by atoms with Crippen LogP contribution in [0.2, 0.25) is 5.02 Å². The van der Waals surface area contributed by atoms with Gasteiger partial charge in [0, 0.05) is 6.54 Å². The van der Waals surface area contributed by atoms with Crippen molar-refractivity contribution in [3.8, 4) is 0 Å². The molecule has 0 saturated heterocycles. The van der Waals surface area contributed by atoms with Gasteiger partial charge < -0.3 is 20.3 Å². The number of halogens is 1. The largest absolute Gasteiger partial charge is 0.408 e. The number of carbonyl (C=O) groups excluding carboxylic acids is 1. The first-order chi connectivity index (χ1) is 8.90. The standard InChI is InChI=1S/C10H16ClN5O3/c1-14(2)5-3-4-12-9(17)7-15-6-8(11)10(13-15)16(18)19/h6H,3-5,7H2,1-2H3,(H,12,17). The lowest BCUT2D eigenvalue weighted by Crippen LogP contribution is -2.30. The molecule has 1 N–H and O–H groups in total. The van der Waals surface area contributed by atoms with Gasteiger partial charge in [0.25, 0.3) is 0 Å². The minimum atomic E-state index is -0.687. The van der Waals surface area contributed by atoms with Crippen LogP contribution in [0.15, 0.2) is 6.20 Å². The van der Waals surface area contributed by atoms with Crippen molar-refractivity contribution in [1.29, 1.82) is 0 Å². The third-order valence-electron chi connectivity index (χ3n) is 2.28. The molecule has 0 aliphatic rings. The molecule has 0 radical (unpaired) electrons. The molecular formula is C10H16ClN5O3. The van der Waals surface area contributed by atoms with Crippen molar-refractivity contribution >= 4 is 23.3 Å². The van der Waals surface area contributed by atoms with Crippen molar-refractivity contribution in [2.75, 3.05) is 27.2 Å². The molecule has 19 heavy (non-hydrogen) atoms. The Balaban J connectivity index is 2.40. The average molecular weight is 290 g/mol. The SMILES string of the molecule is CN(C)CCCNC(=O)Cn1cc(Cl)c([N+](=O)[O-])n1. The number of nitrogens with zero attached hydrogens (tertiary/aromatic N) is 4. The lowest BCUT2D eigenvalue weighted by molar-refractivity contribution is -0.389. The molecule has 0 saturated carbocycles. The molecule has 8 nitrogen and oxygen atoms in total. The molecule has 106 valence electrons. The summed E-state index contributed by atoms with van der Waals surface area (Å²) >= 11 is 5.62. The van der Waals surface area contributed by atoms with E-state index in [-0.39, 0.29) is 17.5 Å². The van der Waals surface area contributed by atoms with Crippen molar-refractivity contribution in [1.82, 2.24) is 20.0 Å². The van der Waals surface area contributed by atoms with E-state index >= 15 is 0 Å². The van der Waals surface area contributed by atoms with E-state index in [4.69, 9.17) is 11.6 Å². The Morgan fingerprint density at radius 3 is 2.84 bits per heavy atom. The minimum Gasteiger partial charge on any atom is -0.358 e. The molecule has 0 aromatic carbocycles. The molecule has 0 bridgehead atoms. The highest BCUT2D eigenvalue weighted by Crippen LogP contribution is 2.20. The second-order valence-electron chi connectivity index (χ2n) is 4.26. The highest BCUT2D eigenvalue weighted by Gasteiger charge is 2.20. The maximum absolute atomic E-state index is 11.5. The van der Waals surface area contributed by atoms with Gasteiger partial charge in [-0.1, -0.05) is 11.6 Å². The second kappa shape index (κ2) is 7.05. The molecular weight excluding hydrogens is 274 g/mol. The Morgan fingerprint density at radius 1 is 1.63 bits per heavy atom. The van der Waals surface area contributed by atoms with Gasteiger partial charge in [-0.25, -0.2) is 0 Å². The highest BCUT2D eigenvalue weighted by atomic mass is 35.5. The molecule has 1 aromatic heterocycles. The Labute approximate surface area is 115 Å². The smallest absolute Gasteiger partial charge is 0.358 e. The highest BCUT2D eigenvalue weighted by molar-refractivity contribution is 6.32. The summed E-state index contributed by atoms with van der Waals surface area (Å²) in [6, 6.07) is 0. The Morgan fingerprint density at radius 2 is 2.32 bits per heavy atom. The molecule has 1 aromatic rings. The van der Waals surface area contributed by atoms with Crippen LogP contribution >= 0.6 is 11.6 Å². The van der Waals surface area contributed by atoms with E-state index in [0.29, 0.717) is 6.54 Å². The van der Waals surface area contributed by atoms with E-state index in [1.807, 2.05) is 19.0 Å². The van der Waals surface area contributed by atoms with E-state index in [1.165, 1.54) is 6.20 Å². The molecule has 0 aliphatic heterocycles. The van der Waals surface area contributed by atoms with Gasteiger partial charge in [-0.05, 0) is 32.0 Å². The topological polar surface area (TPSA) is 93.3 Å². The van der Waals surface area contributed by atoms with Gasteiger partial charge in [-0.3, -0.25) is 4.79 Å². The van der Waals surface area contributed by atoms with Gasteiger partial charge in [-0.2, -0.15) is 4.68 Å². The molecule has 0 atom stereocenters. The van der Waals surface area contributed by atoms with Gasteiger partial charge in [-0.15, -0.1) is 0 Å². The van der Waals surface area contributed by atoms with Crippen LogP contribution in [0.25, 0.3) is 0 Å². The van der Waals surface area contributed by atoms with Crippen LogP contribution in [0.5, 0.6) is 0 Å². The Hall–Kier alpha value is -1.67. The van der Waals surface area contributed by atoms with E-state index in [0.717, 1.165) is 17.6 Å². The first-order valence-corrected chi connectivity index (χ1v) is 6.06. The third kappa shape index (κ3) is 5.23. The summed E-state index contributed by atoms with van der Waals surface area (Å²) in [5, 5.41) is 16.8. The number of carbonyl (C=O) groups is 1. The zero-order valence-electron chi connectivity index (χ0n) is 10.8. The summed E-state index contributed by atoms with van der Waals surface area (Å²) in [4.78, 5) is 23.4. The number of hydrogen-bond donors (Lipinski definition) is 1. The Kier molecular flexibility index (Phi) is 5.71. The molecule has 0 aliphatic carbocycles. The molecule has 1 rings (SSSR count). The summed E-state index contributed by atoms with van der Waals surface area (Å²) in [7, 11) is 3.90. The van der Waals surface area contributed by atoms with Crippen LogP contribution in [-0.2, 0) is 11.3 Å². The summed E-state index contributed by atoms with van der Waals surface area (Å²) in [6.45, 7) is 1.34. The van der Waals surface area contributed by atoms with Crippen LogP contribution in [0.3, 0.4) is 0 Å². The van der Waals surface area contributed by atoms with Gasteiger partial charge in [0.1, 0.15) is 6.54 Å². The summed E-state index contributed by atoms with van der Waals surface area (Å²) < 4.78 is 1.15. The number of rotatable bonds is 7. The van der Waals surface area contributed by atoms with Crippen molar-refractivity contribution in [2.24, 2.45) is 0 Å². The van der Waals surface area contributed by atoms with Crippen LogP contribution < -0.4 is 5.32 Å². The zero-order valence-corrected chi connectivity index (χ0v) is 11.6. The number of nitro groups is 1. The molecule has 0 unspecified atom stereocenters. The first kappa shape index (κ1) is 15.4. The summed E-state index contributed by atoms with van der Waals surface area (Å²) in [5.41, 5.74) is 0. The maximum atomic E-state index is 11.5. The van der Waals surface area contributed by atoms with E-state index < -0.39 is 10.7 Å². The van der Waals surface area contributed by atoms with Crippen molar-refractivity contribution in [2.45, 2.75) is 13.0 Å². The first-order valence-electron chi connectivity index (χ1n) is 5.69. The van der Waals surface area contributed by atoms with Gasteiger partial charge in [0.2, 0.25) is 5.91 Å². The molecule has 0 fully saturated rings. The lowest BCUT2D eigenvalue weighted by Gasteiger charge is -2.09. The fraction of sp³-hybridized carbons (Fsp3) is 0.600. The van der Waals surface area contributed by atoms with Crippen molar-refractivity contribution < 1.29 is 9.72 Å². The van der Waals surface area contributed by atoms with Crippen LogP contribution in [-0.4, -0.2) is 52.7 Å². The Bertz CT molecular complexity index is 460. The quantitative estimate of drug-likeness (QED) is 0.448. The predicted molar refractivity (Wildman–Crippen MR) is 70.1 cm³/mol. The maximum Gasteiger partial charge on any atom is 0.408 e. The molecule has 9 heteroatoms. The van der Waals surface area contributed by atoms with Gasteiger partial charge in [0.15, 0.2) is 5.02 Å². The van der Waals surface area contributed by atoms with Crippen LogP contribution in [0.4, 0.5) is 5.82 Å². The van der Waals surface area contributed by atoms with E-state index in [9.17, 15) is 14.9 Å². The minimum absolute atomic E-state index is 0.0783. The van der Waals surface area contributed by atoms with E-state index in [2.05, 4.69) is 10.4 Å². The fourth-order valence-corrected chi connectivity index (χ4v) is 1.64. The van der Waals surface area contributed by atoms with Gasteiger partial charge in [0.05, 0.1) is 11.3 Å². The number of nitrogens with one attached hydrogen (secondary N) is 1. The normalized spacial score (nSPS) is 10.7. The fourth-order valence-electron chi connectivity index (χ4n) is 1.42. The van der Waals surface area contributed by atoms with Crippen molar-refractivity contribution in [3.63, 3.8) is 0 Å². The number of amides is 1. The lowest BCUT2D eigenvalue weighted by atomic mass is 10.4. The number of aromatic nitrogens is 2. The van der Waals surface area contributed by atoms with Crippen LogP contribution in [0.1, 0.15) is 6.42 Å². The predicted octanol–water partition coefficient (Wildman–Crippen LogP) is 0.513. The summed E-state index contributed by atoms with van der Waals surface area (Å²) in [6.07, 6.45) is 2.10. The van der Waals surface area contributed by atoms with E-state index in [1.54, 1.807) is 0 Å². The van der Waals surface area contributed by atoms with Gasteiger partial charge >= 0.3 is 5.82 Å². The summed E-state index contributed by atoms with van der Waals surface area (Å²) in [5.74, 6) is -0.699. The monoisotopic (exact) mass is 289 g/mol. The molecule has 0 spiro atoms. The van der Waals surface area contributed by atoms with Crippen LogP contribution in [0, 0.1) is 10.1 Å².